The second kappa shape index (κ2) is 5.25. The maximum Gasteiger partial charge on any atom is 0.212 e. The molecule has 20 heavy (non-hydrogen) atoms. The van der Waals surface area contributed by atoms with Crippen LogP contribution in [-0.4, -0.2) is 25.1 Å². The molecule has 2 aromatic heterocycles. The van der Waals surface area contributed by atoms with Crippen molar-refractivity contribution in [2.75, 3.05) is 0 Å². The minimum atomic E-state index is 0.451. The minimum Gasteiger partial charge on any atom is -0.187 e. The van der Waals surface area contributed by atoms with E-state index in [9.17, 15) is 0 Å². The molecule has 0 radical (unpaired) electrons. The summed E-state index contributed by atoms with van der Waals surface area (Å²) in [5, 5.41) is 14.3. The third-order valence-electron chi connectivity index (χ3n) is 2.92. The lowest BCUT2D eigenvalue weighted by Crippen LogP contribution is -1.98. The summed E-state index contributed by atoms with van der Waals surface area (Å²) in [6.45, 7) is 6.35. The number of thioether (sulfide) groups is 1. The first-order valence-electron chi connectivity index (χ1n) is 6.59. The fraction of sp³-hybridized carbons (Fsp3) is 0.267. The molecule has 3 rings (SSSR count). The van der Waals surface area contributed by atoms with Crippen LogP contribution in [-0.2, 0) is 0 Å². The Morgan fingerprint density at radius 1 is 1.00 bits per heavy atom. The van der Waals surface area contributed by atoms with Gasteiger partial charge in [-0.05, 0) is 19.1 Å². The molecule has 0 aliphatic heterocycles. The van der Waals surface area contributed by atoms with Crippen molar-refractivity contribution in [1.82, 2.24) is 19.8 Å². The molecule has 0 amide bonds. The summed E-state index contributed by atoms with van der Waals surface area (Å²) in [6, 6.07) is 12.3. The van der Waals surface area contributed by atoms with Gasteiger partial charge >= 0.3 is 0 Å². The first-order chi connectivity index (χ1) is 9.63. The van der Waals surface area contributed by atoms with Crippen molar-refractivity contribution in [3.63, 3.8) is 0 Å². The van der Waals surface area contributed by atoms with E-state index in [-0.39, 0.29) is 0 Å². The fourth-order valence-electron chi connectivity index (χ4n) is 1.93. The third kappa shape index (κ3) is 2.54. The first kappa shape index (κ1) is 13.1. The van der Waals surface area contributed by atoms with Crippen LogP contribution in [0.4, 0.5) is 0 Å². The van der Waals surface area contributed by atoms with Crippen molar-refractivity contribution in [3.8, 4) is 11.3 Å². The van der Waals surface area contributed by atoms with Crippen molar-refractivity contribution in [2.45, 2.75) is 31.2 Å². The van der Waals surface area contributed by atoms with Crippen LogP contribution in [0.1, 0.15) is 19.4 Å². The second-order valence-electron chi connectivity index (χ2n) is 5.00. The van der Waals surface area contributed by atoms with Crippen LogP contribution < -0.4 is 0 Å². The zero-order valence-corrected chi connectivity index (χ0v) is 12.6. The number of fused-ring (bicyclic) bond motifs is 1. The van der Waals surface area contributed by atoms with Gasteiger partial charge in [0.2, 0.25) is 5.16 Å². The van der Waals surface area contributed by atoms with Gasteiger partial charge in [-0.1, -0.05) is 55.4 Å². The van der Waals surface area contributed by atoms with Crippen molar-refractivity contribution in [2.24, 2.45) is 0 Å². The highest BCUT2D eigenvalue weighted by molar-refractivity contribution is 7.99. The molecule has 1 aromatic carbocycles. The van der Waals surface area contributed by atoms with Gasteiger partial charge in [-0.3, -0.25) is 0 Å². The van der Waals surface area contributed by atoms with E-state index in [1.807, 2.05) is 16.6 Å². The van der Waals surface area contributed by atoms with Crippen LogP contribution in [0.2, 0.25) is 0 Å². The van der Waals surface area contributed by atoms with Crippen molar-refractivity contribution >= 4 is 17.4 Å². The van der Waals surface area contributed by atoms with Gasteiger partial charge in [-0.15, -0.1) is 10.2 Å². The summed E-state index contributed by atoms with van der Waals surface area (Å²) in [4.78, 5) is 0. The zero-order valence-electron chi connectivity index (χ0n) is 11.7. The summed E-state index contributed by atoms with van der Waals surface area (Å²) >= 11 is 1.67. The Morgan fingerprint density at radius 2 is 1.75 bits per heavy atom. The molecule has 102 valence electrons. The van der Waals surface area contributed by atoms with Gasteiger partial charge in [0.25, 0.3) is 0 Å². The predicted octanol–water partition coefficient (Wildman–Crippen LogP) is 3.60. The van der Waals surface area contributed by atoms with E-state index in [4.69, 9.17) is 0 Å². The Kier molecular flexibility index (Phi) is 3.44. The molecule has 2 heterocycles. The van der Waals surface area contributed by atoms with Crippen LogP contribution in [0.25, 0.3) is 16.9 Å². The van der Waals surface area contributed by atoms with Gasteiger partial charge in [-0.2, -0.15) is 9.61 Å². The standard InChI is InChI=1S/C15H16N4S/c1-10(2)20-15-17-16-14-9-8-13(18-19(14)15)12-6-4-11(3)5-7-12/h4-10H,1-3H3. The SMILES string of the molecule is Cc1ccc(-c2ccc3nnc(SC(C)C)n3n2)cc1. The normalized spacial score (nSPS) is 11.4. The molecule has 0 spiro atoms. The second-order valence-corrected chi connectivity index (χ2v) is 6.55. The molecule has 0 N–H and O–H groups in total. The van der Waals surface area contributed by atoms with Crippen LogP contribution in [0.3, 0.4) is 0 Å². The molecule has 0 aliphatic carbocycles. The molecule has 0 bridgehead atoms. The molecule has 3 aromatic rings. The van der Waals surface area contributed by atoms with Crippen LogP contribution in [0.5, 0.6) is 0 Å². The Morgan fingerprint density at radius 3 is 2.45 bits per heavy atom. The van der Waals surface area contributed by atoms with Gasteiger partial charge in [0.05, 0.1) is 5.69 Å². The Bertz CT molecular complexity index is 731. The lowest BCUT2D eigenvalue weighted by Gasteiger charge is -2.04. The highest BCUT2D eigenvalue weighted by Gasteiger charge is 2.10. The summed E-state index contributed by atoms with van der Waals surface area (Å²) < 4.78 is 1.82. The Balaban J connectivity index is 2.06. The lowest BCUT2D eigenvalue weighted by molar-refractivity contribution is 0.809. The number of aromatic nitrogens is 4. The highest BCUT2D eigenvalue weighted by Crippen LogP contribution is 2.23. The number of hydrogen-bond donors (Lipinski definition) is 0. The average molecular weight is 284 g/mol. The van der Waals surface area contributed by atoms with Gasteiger partial charge in [0.1, 0.15) is 0 Å². The fourth-order valence-corrected chi connectivity index (χ4v) is 2.68. The number of rotatable bonds is 3. The van der Waals surface area contributed by atoms with Gasteiger partial charge in [0.15, 0.2) is 5.65 Å². The smallest absolute Gasteiger partial charge is 0.187 e. The maximum atomic E-state index is 4.66. The van der Waals surface area contributed by atoms with Gasteiger partial charge < -0.3 is 0 Å². The largest absolute Gasteiger partial charge is 0.212 e. The molecule has 4 nitrogen and oxygen atoms in total. The Hall–Kier alpha value is -1.88. The monoisotopic (exact) mass is 284 g/mol. The van der Waals surface area contributed by atoms with E-state index >= 15 is 0 Å². The zero-order chi connectivity index (χ0) is 14.1. The molecule has 0 saturated heterocycles. The molecular formula is C15H16N4S. The van der Waals surface area contributed by atoms with Crippen LogP contribution >= 0.6 is 11.8 Å². The average Bonchev–Trinajstić information content (AvgIpc) is 2.81. The molecule has 0 atom stereocenters. The molecule has 5 heteroatoms. The summed E-state index contributed by atoms with van der Waals surface area (Å²) in [5.74, 6) is 0. The van der Waals surface area contributed by atoms with E-state index in [1.54, 1.807) is 11.8 Å². The van der Waals surface area contributed by atoms with E-state index in [2.05, 4.69) is 60.3 Å². The van der Waals surface area contributed by atoms with E-state index in [1.165, 1.54) is 5.56 Å². The number of aryl methyl sites for hydroxylation is 1. The molecule has 0 fully saturated rings. The molecular weight excluding hydrogens is 268 g/mol. The molecule has 0 unspecified atom stereocenters. The van der Waals surface area contributed by atoms with Gasteiger partial charge in [0, 0.05) is 10.8 Å². The number of benzene rings is 1. The van der Waals surface area contributed by atoms with Crippen LogP contribution in [0, 0.1) is 6.92 Å². The van der Waals surface area contributed by atoms with E-state index in [0.717, 1.165) is 22.1 Å². The van der Waals surface area contributed by atoms with Crippen LogP contribution in [0.15, 0.2) is 41.6 Å². The highest BCUT2D eigenvalue weighted by atomic mass is 32.2. The first-order valence-corrected chi connectivity index (χ1v) is 7.47. The van der Waals surface area contributed by atoms with E-state index < -0.39 is 0 Å². The van der Waals surface area contributed by atoms with Crippen molar-refractivity contribution < 1.29 is 0 Å². The number of nitrogens with zero attached hydrogens (tertiary/aromatic N) is 4. The summed E-state index contributed by atoms with van der Waals surface area (Å²) in [7, 11) is 0. The minimum absolute atomic E-state index is 0.451. The predicted molar refractivity (Wildman–Crippen MR) is 81.9 cm³/mol. The molecule has 0 aliphatic rings. The quantitative estimate of drug-likeness (QED) is 0.689. The molecule has 0 saturated carbocycles. The Labute approximate surface area is 122 Å². The lowest BCUT2D eigenvalue weighted by atomic mass is 10.1. The maximum absolute atomic E-state index is 4.66. The number of hydrogen-bond acceptors (Lipinski definition) is 4. The summed E-state index contributed by atoms with van der Waals surface area (Å²) in [6.07, 6.45) is 0. The van der Waals surface area contributed by atoms with Crippen molar-refractivity contribution in [3.05, 3.63) is 42.0 Å². The van der Waals surface area contributed by atoms with E-state index in [0.29, 0.717) is 5.25 Å². The summed E-state index contributed by atoms with van der Waals surface area (Å²) in [5.41, 5.74) is 4.06. The third-order valence-corrected chi connectivity index (χ3v) is 3.86. The van der Waals surface area contributed by atoms with Crippen molar-refractivity contribution in [1.29, 1.82) is 0 Å². The van der Waals surface area contributed by atoms with Gasteiger partial charge in [-0.25, -0.2) is 0 Å². The topological polar surface area (TPSA) is 43.1 Å².